The first kappa shape index (κ1) is 15.5. The van der Waals surface area contributed by atoms with Crippen LogP contribution in [0.5, 0.6) is 0 Å². The van der Waals surface area contributed by atoms with E-state index in [-0.39, 0.29) is 0 Å². The predicted octanol–water partition coefficient (Wildman–Crippen LogP) is 4.00. The van der Waals surface area contributed by atoms with Crippen LogP contribution in [0.15, 0.2) is 30.3 Å². The Morgan fingerprint density at radius 2 is 1.33 bits per heavy atom. The van der Waals surface area contributed by atoms with Crippen LogP contribution in [0.2, 0.25) is 11.1 Å². The highest BCUT2D eigenvalue weighted by molar-refractivity contribution is 6.91. The summed E-state index contributed by atoms with van der Waals surface area (Å²) in [6.45, 7) is 16.6. The summed E-state index contributed by atoms with van der Waals surface area (Å²) in [7, 11) is -1.62. The summed E-state index contributed by atoms with van der Waals surface area (Å²) in [4.78, 5) is 0. The number of rotatable bonds is 6. The van der Waals surface area contributed by atoms with Crippen molar-refractivity contribution in [3.8, 4) is 0 Å². The maximum atomic E-state index is 2.76. The van der Waals surface area contributed by atoms with Crippen molar-refractivity contribution >= 4 is 13.4 Å². The molecular formula is C16H29NSi. The second kappa shape index (κ2) is 6.53. The van der Waals surface area contributed by atoms with Gasteiger partial charge in [-0.3, -0.25) is 0 Å². The Balaban J connectivity index is 3.40. The van der Waals surface area contributed by atoms with Gasteiger partial charge < -0.3 is 4.57 Å². The smallest absolute Gasteiger partial charge is 0.165 e. The minimum atomic E-state index is -1.62. The summed E-state index contributed by atoms with van der Waals surface area (Å²) in [5.41, 5.74) is 1.47. The van der Waals surface area contributed by atoms with E-state index in [0.29, 0.717) is 0 Å². The van der Waals surface area contributed by atoms with E-state index in [1.165, 1.54) is 0 Å². The topological polar surface area (TPSA) is 3.24 Å². The second-order valence-corrected chi connectivity index (χ2v) is 10.8. The summed E-state index contributed by atoms with van der Waals surface area (Å²) in [5.74, 6) is 0. The molecule has 1 aromatic rings. The minimum absolute atomic E-state index is 0.736. The quantitative estimate of drug-likeness (QED) is 0.701. The lowest BCUT2D eigenvalue weighted by atomic mass is 10.4. The van der Waals surface area contributed by atoms with Crippen molar-refractivity contribution in [2.45, 2.75) is 52.6 Å². The van der Waals surface area contributed by atoms with E-state index in [1.54, 1.807) is 5.19 Å². The fraction of sp³-hybridized carbons (Fsp3) is 0.625. The molecule has 2 heteroatoms. The highest BCUT2D eigenvalue weighted by atomic mass is 28.3. The van der Waals surface area contributed by atoms with Crippen molar-refractivity contribution in [2.75, 3.05) is 13.1 Å². The minimum Gasteiger partial charge on any atom is -0.320 e. The summed E-state index contributed by atoms with van der Waals surface area (Å²) in [6.07, 6.45) is 0. The third kappa shape index (κ3) is 2.55. The van der Waals surface area contributed by atoms with Gasteiger partial charge in [0.05, 0.1) is 0 Å². The molecule has 0 N–H and O–H groups in total. The lowest BCUT2D eigenvalue weighted by Crippen LogP contribution is -2.66. The largest absolute Gasteiger partial charge is 0.320 e. The van der Waals surface area contributed by atoms with Gasteiger partial charge in [0.1, 0.15) is 0 Å². The first-order valence-corrected chi connectivity index (χ1v) is 9.42. The van der Waals surface area contributed by atoms with Crippen LogP contribution in [0.25, 0.3) is 0 Å². The maximum absolute atomic E-state index is 2.76. The van der Waals surface area contributed by atoms with Gasteiger partial charge >= 0.3 is 0 Å². The Morgan fingerprint density at radius 1 is 0.889 bits per heavy atom. The predicted molar refractivity (Wildman–Crippen MR) is 84.9 cm³/mol. The number of nitrogens with zero attached hydrogens (tertiary/aromatic N) is 1. The molecule has 1 nitrogen and oxygen atoms in total. The zero-order valence-electron chi connectivity index (χ0n) is 12.9. The van der Waals surface area contributed by atoms with Crippen molar-refractivity contribution in [3.63, 3.8) is 0 Å². The van der Waals surface area contributed by atoms with E-state index in [0.717, 1.165) is 24.2 Å². The van der Waals surface area contributed by atoms with Crippen LogP contribution < -0.4 is 5.19 Å². The van der Waals surface area contributed by atoms with E-state index in [4.69, 9.17) is 0 Å². The molecule has 1 rings (SSSR count). The molecule has 0 heterocycles. The van der Waals surface area contributed by atoms with Crippen LogP contribution in [0.1, 0.15) is 41.5 Å². The van der Waals surface area contributed by atoms with Gasteiger partial charge in [-0.25, -0.2) is 0 Å². The lowest BCUT2D eigenvalue weighted by Gasteiger charge is -2.48. The molecule has 0 bridgehead atoms. The third-order valence-electron chi connectivity index (χ3n) is 4.28. The Hall–Kier alpha value is -0.603. The van der Waals surface area contributed by atoms with Crippen molar-refractivity contribution in [2.24, 2.45) is 0 Å². The monoisotopic (exact) mass is 263 g/mol. The molecule has 1 aromatic carbocycles. The van der Waals surface area contributed by atoms with Gasteiger partial charge in [0.25, 0.3) is 0 Å². The van der Waals surface area contributed by atoms with Gasteiger partial charge in [-0.05, 0) is 29.4 Å². The van der Waals surface area contributed by atoms with Crippen LogP contribution in [-0.4, -0.2) is 25.9 Å². The fourth-order valence-corrected chi connectivity index (χ4v) is 9.96. The van der Waals surface area contributed by atoms with Crippen molar-refractivity contribution in [3.05, 3.63) is 30.3 Å². The van der Waals surface area contributed by atoms with Crippen LogP contribution in [0, 0.1) is 0 Å². The molecule has 0 amide bonds. The van der Waals surface area contributed by atoms with Crippen molar-refractivity contribution in [1.82, 2.24) is 4.57 Å². The molecule has 0 unspecified atom stereocenters. The van der Waals surface area contributed by atoms with Crippen LogP contribution in [0.4, 0.5) is 0 Å². The van der Waals surface area contributed by atoms with Crippen LogP contribution >= 0.6 is 0 Å². The molecule has 102 valence electrons. The Morgan fingerprint density at radius 3 is 1.67 bits per heavy atom. The molecule has 0 radical (unpaired) electrons. The molecule has 0 atom stereocenters. The van der Waals surface area contributed by atoms with E-state index in [1.807, 2.05) is 0 Å². The van der Waals surface area contributed by atoms with Gasteiger partial charge in [-0.1, -0.05) is 71.9 Å². The number of hydrogen-bond donors (Lipinski definition) is 0. The molecule has 0 spiro atoms. The Kier molecular flexibility index (Phi) is 5.61. The van der Waals surface area contributed by atoms with Crippen LogP contribution in [0.3, 0.4) is 0 Å². The molecule has 0 aromatic heterocycles. The van der Waals surface area contributed by atoms with E-state index in [9.17, 15) is 0 Å². The van der Waals surface area contributed by atoms with Crippen molar-refractivity contribution in [1.29, 1.82) is 0 Å². The van der Waals surface area contributed by atoms with Gasteiger partial charge in [-0.2, -0.15) is 0 Å². The number of benzene rings is 1. The van der Waals surface area contributed by atoms with Gasteiger partial charge in [0, 0.05) is 0 Å². The normalized spacial score (nSPS) is 12.7. The molecule has 18 heavy (non-hydrogen) atoms. The third-order valence-corrected chi connectivity index (χ3v) is 10.7. The average Bonchev–Trinajstić information content (AvgIpc) is 2.35. The van der Waals surface area contributed by atoms with E-state index in [2.05, 4.69) is 76.4 Å². The molecule has 0 aliphatic carbocycles. The standard InChI is InChI=1S/C16H29NSi/c1-7-17(8-2)18(14(3)4,15(5)6)16-12-10-9-11-13-16/h9-15H,7-8H2,1-6H3. The Labute approximate surface area is 114 Å². The summed E-state index contributed by atoms with van der Waals surface area (Å²) in [5, 5.41) is 1.60. The summed E-state index contributed by atoms with van der Waals surface area (Å²) in [6, 6.07) is 11.2. The van der Waals surface area contributed by atoms with Gasteiger partial charge in [0.2, 0.25) is 0 Å². The second-order valence-electron chi connectivity index (χ2n) is 5.67. The van der Waals surface area contributed by atoms with Crippen LogP contribution in [-0.2, 0) is 0 Å². The number of hydrogen-bond acceptors (Lipinski definition) is 1. The zero-order valence-corrected chi connectivity index (χ0v) is 13.9. The summed E-state index contributed by atoms with van der Waals surface area (Å²) >= 11 is 0. The zero-order chi connectivity index (χ0) is 13.8. The SMILES string of the molecule is CCN(CC)[Si](c1ccccc1)(C(C)C)C(C)C. The fourth-order valence-electron chi connectivity index (χ4n) is 3.70. The van der Waals surface area contributed by atoms with Gasteiger partial charge in [-0.15, -0.1) is 0 Å². The highest BCUT2D eigenvalue weighted by Crippen LogP contribution is 2.34. The maximum Gasteiger partial charge on any atom is 0.165 e. The van der Waals surface area contributed by atoms with E-state index >= 15 is 0 Å². The first-order chi connectivity index (χ1) is 8.51. The van der Waals surface area contributed by atoms with E-state index < -0.39 is 8.24 Å². The molecule has 0 aliphatic rings. The highest BCUT2D eigenvalue weighted by Gasteiger charge is 2.45. The van der Waals surface area contributed by atoms with Gasteiger partial charge in [0.15, 0.2) is 8.24 Å². The Bertz CT molecular complexity index is 333. The molecule has 0 aliphatic heterocycles. The lowest BCUT2D eigenvalue weighted by molar-refractivity contribution is 0.448. The first-order valence-electron chi connectivity index (χ1n) is 7.32. The molecule has 0 saturated heterocycles. The molecular weight excluding hydrogens is 234 g/mol. The molecule has 0 saturated carbocycles. The summed E-state index contributed by atoms with van der Waals surface area (Å²) < 4.78 is 2.76. The molecule has 0 fully saturated rings. The average molecular weight is 264 g/mol. The van der Waals surface area contributed by atoms with Crippen molar-refractivity contribution < 1.29 is 0 Å².